The third-order valence-corrected chi connectivity index (χ3v) is 4.96. The molecule has 0 bridgehead atoms. The normalized spacial score (nSPS) is 12.2. The molecule has 0 fully saturated rings. The van der Waals surface area contributed by atoms with Gasteiger partial charge in [0.1, 0.15) is 5.75 Å². The van der Waals surface area contributed by atoms with Gasteiger partial charge in [0.05, 0.1) is 0 Å². The number of alkyl halides is 3. The van der Waals surface area contributed by atoms with Crippen molar-refractivity contribution >= 4 is 32.5 Å². The first-order chi connectivity index (χ1) is 13.8. The van der Waals surface area contributed by atoms with Crippen LogP contribution in [0.3, 0.4) is 0 Å². The summed E-state index contributed by atoms with van der Waals surface area (Å²) >= 11 is 3.32. The SMILES string of the molecule is O=C(/C(=C/NCc1ccc(Br)cc1)Cc1c(O)ccc2ccccc12)C(F)(F)F. The Morgan fingerprint density at radius 1 is 1.03 bits per heavy atom. The van der Waals surface area contributed by atoms with Gasteiger partial charge in [-0.2, -0.15) is 13.2 Å². The number of fused-ring (bicyclic) bond motifs is 1. The minimum atomic E-state index is -5.01. The first kappa shape index (κ1) is 20.9. The second-order valence-corrected chi connectivity index (χ2v) is 7.38. The van der Waals surface area contributed by atoms with Crippen LogP contribution in [0.1, 0.15) is 11.1 Å². The van der Waals surface area contributed by atoms with Crippen molar-refractivity contribution in [3.63, 3.8) is 0 Å². The molecule has 0 aliphatic carbocycles. The number of allylic oxidation sites excluding steroid dienone is 1. The Hall–Kier alpha value is -2.80. The van der Waals surface area contributed by atoms with E-state index in [1.807, 2.05) is 24.3 Å². The van der Waals surface area contributed by atoms with Gasteiger partial charge in [-0.3, -0.25) is 4.79 Å². The minimum absolute atomic E-state index is 0.155. The predicted molar refractivity (Wildman–Crippen MR) is 109 cm³/mol. The van der Waals surface area contributed by atoms with Gasteiger partial charge in [-0.05, 0) is 34.5 Å². The molecule has 0 aromatic heterocycles. The lowest BCUT2D eigenvalue weighted by Gasteiger charge is -2.14. The summed E-state index contributed by atoms with van der Waals surface area (Å²) in [5, 5.41) is 14.4. The molecule has 0 spiro atoms. The Balaban J connectivity index is 1.91. The summed E-state index contributed by atoms with van der Waals surface area (Å²) < 4.78 is 40.3. The Morgan fingerprint density at radius 3 is 2.41 bits per heavy atom. The fourth-order valence-corrected chi connectivity index (χ4v) is 3.24. The molecule has 150 valence electrons. The number of nitrogens with one attached hydrogen (secondary N) is 1. The first-order valence-electron chi connectivity index (χ1n) is 8.73. The number of hydrogen-bond acceptors (Lipinski definition) is 3. The summed E-state index contributed by atoms with van der Waals surface area (Å²) in [5.74, 6) is -2.09. The van der Waals surface area contributed by atoms with Crippen LogP contribution in [0.2, 0.25) is 0 Å². The van der Waals surface area contributed by atoms with Gasteiger partial charge in [0.2, 0.25) is 0 Å². The highest BCUT2D eigenvalue weighted by Crippen LogP contribution is 2.31. The van der Waals surface area contributed by atoms with Crippen LogP contribution in [0.5, 0.6) is 5.75 Å². The highest BCUT2D eigenvalue weighted by molar-refractivity contribution is 9.10. The molecule has 0 saturated heterocycles. The Morgan fingerprint density at radius 2 is 1.72 bits per heavy atom. The molecule has 3 aromatic carbocycles. The third-order valence-electron chi connectivity index (χ3n) is 4.43. The van der Waals surface area contributed by atoms with E-state index in [4.69, 9.17) is 0 Å². The van der Waals surface area contributed by atoms with E-state index in [1.165, 1.54) is 6.07 Å². The van der Waals surface area contributed by atoms with E-state index in [0.29, 0.717) is 5.39 Å². The lowest BCUT2D eigenvalue weighted by molar-refractivity contribution is -0.166. The van der Waals surface area contributed by atoms with Crippen molar-refractivity contribution in [1.29, 1.82) is 0 Å². The van der Waals surface area contributed by atoms with E-state index in [-0.39, 0.29) is 24.3 Å². The topological polar surface area (TPSA) is 49.3 Å². The number of benzene rings is 3. The van der Waals surface area contributed by atoms with Crippen LogP contribution in [0.4, 0.5) is 13.2 Å². The van der Waals surface area contributed by atoms with Gasteiger partial charge in [-0.15, -0.1) is 0 Å². The number of phenolic OH excluding ortho intramolecular Hbond substituents is 1. The van der Waals surface area contributed by atoms with Gasteiger partial charge in [-0.1, -0.05) is 58.4 Å². The number of Topliss-reactive ketones (excluding diaryl/α,β-unsaturated/α-hetero) is 1. The fraction of sp³-hybridized carbons (Fsp3) is 0.136. The molecule has 0 atom stereocenters. The number of carbonyl (C=O) groups is 1. The van der Waals surface area contributed by atoms with Crippen molar-refractivity contribution in [2.24, 2.45) is 0 Å². The molecular formula is C22H17BrF3NO2. The maximum Gasteiger partial charge on any atom is 0.454 e. The summed E-state index contributed by atoms with van der Waals surface area (Å²) in [6, 6.07) is 17.4. The van der Waals surface area contributed by atoms with Crippen molar-refractivity contribution in [2.45, 2.75) is 19.1 Å². The van der Waals surface area contributed by atoms with Crippen molar-refractivity contribution in [3.05, 3.63) is 88.0 Å². The van der Waals surface area contributed by atoms with Gasteiger partial charge in [0, 0.05) is 34.8 Å². The van der Waals surface area contributed by atoms with Gasteiger partial charge < -0.3 is 10.4 Å². The molecule has 2 N–H and O–H groups in total. The zero-order chi connectivity index (χ0) is 21.0. The van der Waals surface area contributed by atoms with Gasteiger partial charge in [-0.25, -0.2) is 0 Å². The summed E-state index contributed by atoms with van der Waals surface area (Å²) in [5.41, 5.74) is 0.648. The van der Waals surface area contributed by atoms with Crippen LogP contribution < -0.4 is 5.32 Å². The molecule has 3 rings (SSSR count). The maximum atomic E-state index is 13.1. The Kier molecular flexibility index (Phi) is 6.27. The standard InChI is InChI=1S/C22H17BrF3NO2/c23-17-8-5-14(6-9-17)12-27-13-16(21(29)22(24,25)26)11-19-18-4-2-1-3-15(18)7-10-20(19)28/h1-10,13,27-28H,11-12H2/b16-13+. The number of ketones is 1. The lowest BCUT2D eigenvalue weighted by atomic mass is 9.96. The van der Waals surface area contributed by atoms with Crippen LogP contribution in [0.25, 0.3) is 10.8 Å². The summed E-state index contributed by atoms with van der Waals surface area (Å²) in [6.07, 6.45) is -4.27. The number of hydrogen-bond donors (Lipinski definition) is 2. The van der Waals surface area contributed by atoms with E-state index in [0.717, 1.165) is 21.6 Å². The summed E-state index contributed by atoms with van der Waals surface area (Å²) in [6.45, 7) is 0.253. The zero-order valence-electron chi connectivity index (χ0n) is 15.1. The average molecular weight is 464 g/mol. The molecule has 3 nitrogen and oxygen atoms in total. The van der Waals surface area contributed by atoms with Crippen molar-refractivity contribution in [2.75, 3.05) is 0 Å². The molecule has 7 heteroatoms. The van der Waals surface area contributed by atoms with E-state index >= 15 is 0 Å². The zero-order valence-corrected chi connectivity index (χ0v) is 16.7. The molecule has 0 radical (unpaired) electrons. The van der Waals surface area contributed by atoms with Crippen LogP contribution >= 0.6 is 15.9 Å². The van der Waals surface area contributed by atoms with E-state index < -0.39 is 17.5 Å². The van der Waals surface area contributed by atoms with Crippen LogP contribution in [-0.4, -0.2) is 17.1 Å². The molecule has 29 heavy (non-hydrogen) atoms. The average Bonchev–Trinajstić information content (AvgIpc) is 2.69. The molecule has 0 aliphatic rings. The molecule has 0 heterocycles. The van der Waals surface area contributed by atoms with Crippen LogP contribution in [0, 0.1) is 0 Å². The third kappa shape index (κ3) is 5.17. The summed E-state index contributed by atoms with van der Waals surface area (Å²) in [4.78, 5) is 12.0. The number of aromatic hydroxyl groups is 1. The minimum Gasteiger partial charge on any atom is -0.508 e. The second kappa shape index (κ2) is 8.69. The Labute approximate surface area is 174 Å². The Bertz CT molecular complexity index is 1060. The number of phenols is 1. The molecule has 0 aliphatic heterocycles. The monoisotopic (exact) mass is 463 g/mol. The number of halogens is 4. The fourth-order valence-electron chi connectivity index (χ4n) is 2.97. The second-order valence-electron chi connectivity index (χ2n) is 6.46. The predicted octanol–water partition coefficient (Wildman–Crippen LogP) is 5.66. The van der Waals surface area contributed by atoms with Crippen LogP contribution in [-0.2, 0) is 17.8 Å². The molecule has 0 saturated carbocycles. The molecule has 3 aromatic rings. The van der Waals surface area contributed by atoms with Crippen molar-refractivity contribution in [1.82, 2.24) is 5.32 Å². The maximum absolute atomic E-state index is 13.1. The lowest BCUT2D eigenvalue weighted by Crippen LogP contribution is -2.27. The van der Waals surface area contributed by atoms with E-state index in [1.54, 1.807) is 30.3 Å². The van der Waals surface area contributed by atoms with Crippen LogP contribution in [0.15, 0.2) is 76.9 Å². The van der Waals surface area contributed by atoms with E-state index in [2.05, 4.69) is 21.2 Å². The molecular weight excluding hydrogens is 447 g/mol. The quantitative estimate of drug-likeness (QED) is 0.464. The highest BCUT2D eigenvalue weighted by atomic mass is 79.9. The molecule has 0 amide bonds. The van der Waals surface area contributed by atoms with E-state index in [9.17, 15) is 23.1 Å². The number of carbonyl (C=O) groups excluding carboxylic acids is 1. The largest absolute Gasteiger partial charge is 0.508 e. The highest BCUT2D eigenvalue weighted by Gasteiger charge is 2.40. The summed E-state index contributed by atoms with van der Waals surface area (Å²) in [7, 11) is 0. The smallest absolute Gasteiger partial charge is 0.454 e. The first-order valence-corrected chi connectivity index (χ1v) is 9.53. The van der Waals surface area contributed by atoms with Crippen molar-refractivity contribution in [3.8, 4) is 5.75 Å². The van der Waals surface area contributed by atoms with Gasteiger partial charge in [0.25, 0.3) is 5.78 Å². The molecule has 0 unspecified atom stereocenters. The van der Waals surface area contributed by atoms with Gasteiger partial charge in [0.15, 0.2) is 0 Å². The van der Waals surface area contributed by atoms with Crippen molar-refractivity contribution < 1.29 is 23.1 Å². The van der Waals surface area contributed by atoms with Gasteiger partial charge >= 0.3 is 6.18 Å². The number of rotatable bonds is 6.